The van der Waals surface area contributed by atoms with Crippen LogP contribution in [0.5, 0.6) is 5.75 Å². The van der Waals surface area contributed by atoms with Gasteiger partial charge in [0.15, 0.2) is 0 Å². The van der Waals surface area contributed by atoms with Crippen LogP contribution in [0, 0.1) is 0 Å². The van der Waals surface area contributed by atoms with Gasteiger partial charge in [-0.15, -0.1) is 0 Å². The molecule has 2 aromatic rings. The van der Waals surface area contributed by atoms with Crippen molar-refractivity contribution in [3.05, 3.63) is 53.9 Å². The van der Waals surface area contributed by atoms with Gasteiger partial charge in [0.05, 0.1) is 0 Å². The topological polar surface area (TPSA) is 112 Å². The molecule has 0 spiro atoms. The molecule has 0 radical (unpaired) electrons. The maximum Gasteiger partial charge on any atom is 0.339 e. The fourth-order valence-corrected chi connectivity index (χ4v) is 1.65. The van der Waals surface area contributed by atoms with Crippen LogP contribution >= 0.6 is 0 Å². The predicted molar refractivity (Wildman–Crippen MR) is 75.2 cm³/mol. The van der Waals surface area contributed by atoms with Crippen LogP contribution in [0.2, 0.25) is 0 Å². The van der Waals surface area contributed by atoms with E-state index in [1.165, 1.54) is 18.2 Å². The van der Waals surface area contributed by atoms with Crippen LogP contribution in [-0.4, -0.2) is 27.2 Å². The highest BCUT2D eigenvalue weighted by Crippen LogP contribution is 2.21. The number of carboxylic acid groups (broad SMARTS) is 1. The van der Waals surface area contributed by atoms with E-state index in [4.69, 9.17) is 5.11 Å². The zero-order valence-electron chi connectivity index (χ0n) is 10.9. The lowest BCUT2D eigenvalue weighted by Gasteiger charge is -2.08. The summed E-state index contributed by atoms with van der Waals surface area (Å²) >= 11 is 0. The minimum absolute atomic E-state index is 0.224. The van der Waals surface area contributed by atoms with Crippen molar-refractivity contribution in [2.45, 2.75) is 6.54 Å². The largest absolute Gasteiger partial charge is 0.507 e. The maximum absolute atomic E-state index is 11.7. The summed E-state index contributed by atoms with van der Waals surface area (Å²) in [6.07, 6.45) is 3.25. The number of nitrogens with zero attached hydrogens (tertiary/aromatic N) is 1. The lowest BCUT2D eigenvalue weighted by atomic mass is 10.2. The fraction of sp³-hybridized carbons (Fsp3) is 0.0714. The number of phenols is 1. The van der Waals surface area contributed by atoms with Gasteiger partial charge in [0, 0.05) is 30.7 Å². The third kappa shape index (κ3) is 3.93. The SMILES string of the molecule is O=C(NCc1ccncc1)Nc1ccc(C(=O)O)c(O)c1. The molecule has 0 aliphatic carbocycles. The Morgan fingerprint density at radius 1 is 1.14 bits per heavy atom. The average Bonchev–Trinajstić information content (AvgIpc) is 2.46. The number of hydrogen-bond acceptors (Lipinski definition) is 4. The second-order valence-electron chi connectivity index (χ2n) is 4.20. The highest BCUT2D eigenvalue weighted by Gasteiger charge is 2.10. The highest BCUT2D eigenvalue weighted by atomic mass is 16.4. The first-order valence-electron chi connectivity index (χ1n) is 6.06. The number of benzene rings is 1. The fourth-order valence-electron chi connectivity index (χ4n) is 1.65. The van der Waals surface area contributed by atoms with E-state index in [9.17, 15) is 14.7 Å². The molecule has 1 heterocycles. The molecular formula is C14H13N3O4. The quantitative estimate of drug-likeness (QED) is 0.685. The molecule has 0 aliphatic rings. The van der Waals surface area contributed by atoms with Crippen LogP contribution in [0.1, 0.15) is 15.9 Å². The molecule has 108 valence electrons. The first-order chi connectivity index (χ1) is 10.1. The zero-order chi connectivity index (χ0) is 15.2. The van der Waals surface area contributed by atoms with Crippen LogP contribution in [-0.2, 0) is 6.54 Å². The number of aromatic hydroxyl groups is 1. The number of carbonyl (C=O) groups excluding carboxylic acids is 1. The summed E-state index contributed by atoms with van der Waals surface area (Å²) in [7, 11) is 0. The molecule has 0 saturated heterocycles. The molecule has 1 aromatic carbocycles. The van der Waals surface area contributed by atoms with E-state index in [0.29, 0.717) is 12.2 Å². The molecule has 4 N–H and O–H groups in total. The highest BCUT2D eigenvalue weighted by molar-refractivity contribution is 5.93. The lowest BCUT2D eigenvalue weighted by molar-refractivity contribution is 0.0694. The minimum atomic E-state index is -1.24. The Morgan fingerprint density at radius 2 is 1.86 bits per heavy atom. The molecule has 2 amide bonds. The Kier molecular flexibility index (Phi) is 4.35. The number of hydrogen-bond donors (Lipinski definition) is 4. The van der Waals surface area contributed by atoms with E-state index in [1.54, 1.807) is 24.5 Å². The van der Waals surface area contributed by atoms with Gasteiger partial charge in [-0.2, -0.15) is 0 Å². The van der Waals surface area contributed by atoms with Crippen LogP contribution in [0.3, 0.4) is 0 Å². The second kappa shape index (κ2) is 6.38. The Labute approximate surface area is 120 Å². The van der Waals surface area contributed by atoms with Crippen LogP contribution in [0.15, 0.2) is 42.7 Å². The summed E-state index contributed by atoms with van der Waals surface area (Å²) in [6.45, 7) is 0.327. The summed E-state index contributed by atoms with van der Waals surface area (Å²) in [6, 6.07) is 6.87. The standard InChI is InChI=1S/C14H13N3O4/c18-12-7-10(1-2-11(12)13(19)20)17-14(21)16-8-9-3-5-15-6-4-9/h1-7,18H,8H2,(H,19,20)(H2,16,17,21). The van der Waals surface area contributed by atoms with Crippen molar-refractivity contribution in [3.63, 3.8) is 0 Å². The van der Waals surface area contributed by atoms with E-state index in [1.807, 2.05) is 0 Å². The summed E-state index contributed by atoms with van der Waals surface area (Å²) in [5.41, 5.74) is 0.965. The Hall–Kier alpha value is -3.09. The molecule has 21 heavy (non-hydrogen) atoms. The summed E-state index contributed by atoms with van der Waals surface area (Å²) in [5, 5.41) is 23.4. The van der Waals surface area contributed by atoms with Gasteiger partial charge in [0.1, 0.15) is 11.3 Å². The number of anilines is 1. The predicted octanol–water partition coefficient (Wildman–Crippen LogP) is 1.81. The van der Waals surface area contributed by atoms with Crippen molar-refractivity contribution in [3.8, 4) is 5.75 Å². The van der Waals surface area contributed by atoms with Gasteiger partial charge in [-0.05, 0) is 29.8 Å². The number of nitrogens with one attached hydrogen (secondary N) is 2. The minimum Gasteiger partial charge on any atom is -0.507 e. The number of amides is 2. The number of urea groups is 1. The van der Waals surface area contributed by atoms with Crippen molar-refractivity contribution in [2.24, 2.45) is 0 Å². The third-order valence-corrected chi connectivity index (χ3v) is 2.69. The number of carboxylic acids is 1. The number of pyridine rings is 1. The van der Waals surface area contributed by atoms with Crippen molar-refractivity contribution in [1.29, 1.82) is 0 Å². The number of carbonyl (C=O) groups is 2. The Bertz CT molecular complexity index is 659. The third-order valence-electron chi connectivity index (χ3n) is 2.69. The Balaban J connectivity index is 1.94. The molecule has 0 unspecified atom stereocenters. The maximum atomic E-state index is 11.7. The molecule has 0 atom stereocenters. The summed E-state index contributed by atoms with van der Waals surface area (Å²) < 4.78 is 0. The van der Waals surface area contributed by atoms with Gasteiger partial charge in [0.25, 0.3) is 0 Å². The van der Waals surface area contributed by atoms with Crippen LogP contribution < -0.4 is 10.6 Å². The first-order valence-corrected chi connectivity index (χ1v) is 6.06. The van der Waals surface area contributed by atoms with Crippen molar-refractivity contribution >= 4 is 17.7 Å². The van der Waals surface area contributed by atoms with Crippen LogP contribution in [0.25, 0.3) is 0 Å². The van der Waals surface area contributed by atoms with Crippen LogP contribution in [0.4, 0.5) is 10.5 Å². The van der Waals surface area contributed by atoms with E-state index >= 15 is 0 Å². The molecule has 2 rings (SSSR count). The van der Waals surface area contributed by atoms with Gasteiger partial charge >= 0.3 is 12.0 Å². The molecule has 0 aliphatic heterocycles. The first kappa shape index (κ1) is 14.3. The normalized spacial score (nSPS) is 9.90. The van der Waals surface area contributed by atoms with Gasteiger partial charge in [-0.1, -0.05) is 0 Å². The van der Waals surface area contributed by atoms with Gasteiger partial charge in [0.2, 0.25) is 0 Å². The molecule has 0 saturated carbocycles. The van der Waals surface area contributed by atoms with Crippen molar-refractivity contribution in [1.82, 2.24) is 10.3 Å². The molecule has 7 nitrogen and oxygen atoms in total. The molecule has 0 fully saturated rings. The number of aromatic carboxylic acids is 1. The smallest absolute Gasteiger partial charge is 0.339 e. The number of rotatable bonds is 4. The van der Waals surface area contributed by atoms with Gasteiger partial charge in [-0.3, -0.25) is 4.98 Å². The summed E-state index contributed by atoms with van der Waals surface area (Å²) in [5.74, 6) is -1.64. The lowest BCUT2D eigenvalue weighted by Crippen LogP contribution is -2.28. The zero-order valence-corrected chi connectivity index (χ0v) is 10.9. The second-order valence-corrected chi connectivity index (χ2v) is 4.20. The molecular weight excluding hydrogens is 274 g/mol. The molecule has 0 bridgehead atoms. The van der Waals surface area contributed by atoms with Gasteiger partial charge in [-0.25, -0.2) is 9.59 Å². The molecule has 7 heteroatoms. The van der Waals surface area contributed by atoms with E-state index in [0.717, 1.165) is 5.56 Å². The van der Waals surface area contributed by atoms with Crippen molar-refractivity contribution < 1.29 is 19.8 Å². The monoisotopic (exact) mass is 287 g/mol. The van der Waals surface area contributed by atoms with Crippen molar-refractivity contribution in [2.75, 3.05) is 5.32 Å². The van der Waals surface area contributed by atoms with Gasteiger partial charge < -0.3 is 20.8 Å². The molecule has 1 aromatic heterocycles. The Morgan fingerprint density at radius 3 is 2.48 bits per heavy atom. The summed E-state index contributed by atoms with van der Waals surface area (Å²) in [4.78, 5) is 26.3. The van der Waals surface area contributed by atoms with E-state index in [2.05, 4.69) is 15.6 Å². The van der Waals surface area contributed by atoms with E-state index in [-0.39, 0.29) is 5.56 Å². The number of aromatic nitrogens is 1. The average molecular weight is 287 g/mol. The van der Waals surface area contributed by atoms with E-state index < -0.39 is 17.7 Å².